The van der Waals surface area contributed by atoms with Crippen molar-refractivity contribution in [3.63, 3.8) is 0 Å². The van der Waals surface area contributed by atoms with Crippen LogP contribution in [0.25, 0.3) is 0 Å². The first kappa shape index (κ1) is 24.5. The third-order valence-electron chi connectivity index (χ3n) is 5.42. The van der Waals surface area contributed by atoms with E-state index in [9.17, 15) is 4.79 Å². The van der Waals surface area contributed by atoms with Gasteiger partial charge in [-0.3, -0.25) is 9.79 Å². The Labute approximate surface area is 171 Å². The summed E-state index contributed by atoms with van der Waals surface area (Å²) in [5.41, 5.74) is 0. The van der Waals surface area contributed by atoms with E-state index in [0.29, 0.717) is 17.9 Å². The van der Waals surface area contributed by atoms with Gasteiger partial charge < -0.3 is 15.5 Å². The van der Waals surface area contributed by atoms with Crippen LogP contribution in [0.2, 0.25) is 0 Å². The van der Waals surface area contributed by atoms with E-state index in [1.165, 1.54) is 12.8 Å². The molecule has 0 aromatic rings. The maximum absolute atomic E-state index is 12.5. The number of hydrogen-bond acceptors (Lipinski definition) is 2. The fraction of sp³-hybridized carbons (Fsp3) is 0.895. The number of halogens is 1. The molecule has 1 aliphatic rings. The Balaban J connectivity index is 0.00000576. The number of aliphatic imine (C=N–C) groups is 1. The lowest BCUT2D eigenvalue weighted by molar-refractivity contribution is -0.136. The molecule has 0 saturated carbocycles. The SMILES string of the molecule is CCC(CC)CNC(=NC)NC1CCN(C(=O)C(CC)CC)CC1.I. The van der Waals surface area contributed by atoms with Crippen molar-refractivity contribution >= 4 is 35.8 Å². The van der Waals surface area contributed by atoms with Gasteiger partial charge in [-0.05, 0) is 31.6 Å². The standard InChI is InChI=1S/C19H38N4O.HI/c1-6-15(7-2)14-21-19(20-5)22-17-10-12-23(13-11-17)18(24)16(8-3)9-4;/h15-17H,6-14H2,1-5H3,(H2,20,21,22);1H. The number of nitrogens with one attached hydrogen (secondary N) is 2. The highest BCUT2D eigenvalue weighted by molar-refractivity contribution is 14.0. The van der Waals surface area contributed by atoms with Crippen molar-refractivity contribution in [2.24, 2.45) is 16.8 Å². The van der Waals surface area contributed by atoms with Gasteiger partial charge in [0, 0.05) is 38.6 Å². The molecule has 1 amide bonds. The summed E-state index contributed by atoms with van der Waals surface area (Å²) in [6, 6.07) is 0.406. The lowest BCUT2D eigenvalue weighted by Gasteiger charge is -2.35. The van der Waals surface area contributed by atoms with E-state index in [2.05, 4.69) is 48.2 Å². The van der Waals surface area contributed by atoms with Crippen molar-refractivity contribution in [3.05, 3.63) is 0 Å². The average Bonchev–Trinajstić information content (AvgIpc) is 2.62. The van der Waals surface area contributed by atoms with E-state index in [0.717, 1.165) is 51.3 Å². The van der Waals surface area contributed by atoms with Crippen LogP contribution >= 0.6 is 24.0 Å². The lowest BCUT2D eigenvalue weighted by Crippen LogP contribution is -2.51. The Morgan fingerprint density at radius 3 is 2.08 bits per heavy atom. The minimum Gasteiger partial charge on any atom is -0.356 e. The second-order valence-corrected chi connectivity index (χ2v) is 6.89. The van der Waals surface area contributed by atoms with Crippen LogP contribution in [0.3, 0.4) is 0 Å². The molecule has 0 spiro atoms. The Morgan fingerprint density at radius 2 is 1.64 bits per heavy atom. The van der Waals surface area contributed by atoms with Gasteiger partial charge in [-0.1, -0.05) is 40.5 Å². The number of rotatable bonds is 8. The highest BCUT2D eigenvalue weighted by Gasteiger charge is 2.26. The van der Waals surface area contributed by atoms with Gasteiger partial charge in [0.25, 0.3) is 0 Å². The maximum atomic E-state index is 12.5. The molecule has 25 heavy (non-hydrogen) atoms. The lowest BCUT2D eigenvalue weighted by atomic mass is 9.98. The fourth-order valence-corrected chi connectivity index (χ4v) is 3.35. The summed E-state index contributed by atoms with van der Waals surface area (Å²) in [5.74, 6) is 2.13. The number of piperidine rings is 1. The first-order chi connectivity index (χ1) is 11.6. The van der Waals surface area contributed by atoms with E-state index >= 15 is 0 Å². The molecule has 0 aromatic heterocycles. The number of nitrogens with zero attached hydrogens (tertiary/aromatic N) is 2. The van der Waals surface area contributed by atoms with Crippen LogP contribution in [0.5, 0.6) is 0 Å². The summed E-state index contributed by atoms with van der Waals surface area (Å²) in [4.78, 5) is 18.9. The molecule has 2 N–H and O–H groups in total. The summed E-state index contributed by atoms with van der Waals surface area (Å²) < 4.78 is 0. The molecular formula is C19H39IN4O. The van der Waals surface area contributed by atoms with E-state index in [-0.39, 0.29) is 29.9 Å². The van der Waals surface area contributed by atoms with Crippen LogP contribution in [0, 0.1) is 11.8 Å². The smallest absolute Gasteiger partial charge is 0.225 e. The predicted molar refractivity (Wildman–Crippen MR) is 118 cm³/mol. The second-order valence-electron chi connectivity index (χ2n) is 6.89. The molecule has 0 aliphatic carbocycles. The predicted octanol–water partition coefficient (Wildman–Crippen LogP) is 3.63. The molecule has 5 nitrogen and oxygen atoms in total. The van der Waals surface area contributed by atoms with Crippen LogP contribution in [0.1, 0.15) is 66.2 Å². The molecule has 0 unspecified atom stereocenters. The first-order valence-corrected chi connectivity index (χ1v) is 9.85. The van der Waals surface area contributed by atoms with Gasteiger partial charge in [-0.2, -0.15) is 0 Å². The zero-order valence-corrected chi connectivity index (χ0v) is 19.1. The first-order valence-electron chi connectivity index (χ1n) is 9.85. The number of carbonyl (C=O) groups excluding carboxylic acids is 1. The van der Waals surface area contributed by atoms with Crippen molar-refractivity contribution in [1.29, 1.82) is 0 Å². The van der Waals surface area contributed by atoms with E-state index < -0.39 is 0 Å². The molecule has 1 rings (SSSR count). The molecule has 0 bridgehead atoms. The van der Waals surface area contributed by atoms with Crippen molar-refractivity contribution in [1.82, 2.24) is 15.5 Å². The molecule has 0 aromatic carbocycles. The van der Waals surface area contributed by atoms with Crippen molar-refractivity contribution in [2.75, 3.05) is 26.7 Å². The van der Waals surface area contributed by atoms with Gasteiger partial charge in [0.15, 0.2) is 5.96 Å². The normalized spacial score (nSPS) is 16.1. The van der Waals surface area contributed by atoms with Gasteiger partial charge >= 0.3 is 0 Å². The average molecular weight is 466 g/mol. The second kappa shape index (κ2) is 13.6. The zero-order chi connectivity index (χ0) is 17.9. The molecule has 6 heteroatoms. The Hall–Kier alpha value is -0.530. The maximum Gasteiger partial charge on any atom is 0.225 e. The molecule has 1 heterocycles. The van der Waals surface area contributed by atoms with E-state index in [1.54, 1.807) is 0 Å². The van der Waals surface area contributed by atoms with Crippen LogP contribution in [-0.4, -0.2) is 49.5 Å². The third kappa shape index (κ3) is 8.13. The summed E-state index contributed by atoms with van der Waals surface area (Å²) in [6.45, 7) is 11.4. The number of hydrogen-bond donors (Lipinski definition) is 2. The molecule has 148 valence electrons. The van der Waals surface area contributed by atoms with E-state index in [4.69, 9.17) is 0 Å². The highest BCUT2D eigenvalue weighted by atomic mass is 127. The van der Waals surface area contributed by atoms with Gasteiger partial charge in [-0.15, -0.1) is 24.0 Å². The monoisotopic (exact) mass is 466 g/mol. The molecule has 1 fully saturated rings. The molecule has 0 atom stereocenters. The van der Waals surface area contributed by atoms with Gasteiger partial charge in [-0.25, -0.2) is 0 Å². The fourth-order valence-electron chi connectivity index (χ4n) is 3.35. The zero-order valence-electron chi connectivity index (χ0n) is 16.8. The van der Waals surface area contributed by atoms with Crippen LogP contribution < -0.4 is 10.6 Å². The number of likely N-dealkylation sites (tertiary alicyclic amines) is 1. The highest BCUT2D eigenvalue weighted by Crippen LogP contribution is 2.17. The minimum atomic E-state index is 0. The quantitative estimate of drug-likeness (QED) is 0.326. The molecule has 1 aliphatic heterocycles. The molecular weight excluding hydrogens is 427 g/mol. The van der Waals surface area contributed by atoms with Crippen LogP contribution in [0.4, 0.5) is 0 Å². The summed E-state index contributed by atoms with van der Waals surface area (Å²) in [6.07, 6.45) is 6.27. The van der Waals surface area contributed by atoms with Crippen molar-refractivity contribution in [3.8, 4) is 0 Å². The third-order valence-corrected chi connectivity index (χ3v) is 5.42. The number of amides is 1. The number of carbonyl (C=O) groups is 1. The Kier molecular flexibility index (Phi) is 13.4. The van der Waals surface area contributed by atoms with Crippen LogP contribution in [0.15, 0.2) is 4.99 Å². The summed E-state index contributed by atoms with van der Waals surface area (Å²) in [7, 11) is 1.83. The van der Waals surface area contributed by atoms with Gasteiger partial charge in [0.2, 0.25) is 5.91 Å². The summed E-state index contributed by atoms with van der Waals surface area (Å²) in [5, 5.41) is 6.97. The molecule has 1 saturated heterocycles. The Bertz CT molecular complexity index is 387. The van der Waals surface area contributed by atoms with E-state index in [1.807, 2.05) is 7.05 Å². The molecule has 0 radical (unpaired) electrons. The summed E-state index contributed by atoms with van der Waals surface area (Å²) >= 11 is 0. The Morgan fingerprint density at radius 1 is 1.08 bits per heavy atom. The van der Waals surface area contributed by atoms with Crippen molar-refractivity contribution < 1.29 is 4.79 Å². The van der Waals surface area contributed by atoms with Crippen LogP contribution in [-0.2, 0) is 4.79 Å². The minimum absolute atomic E-state index is 0. The topological polar surface area (TPSA) is 56.7 Å². The number of guanidine groups is 1. The van der Waals surface area contributed by atoms with Crippen molar-refractivity contribution in [2.45, 2.75) is 72.3 Å². The van der Waals surface area contributed by atoms with Gasteiger partial charge in [0.1, 0.15) is 0 Å². The van der Waals surface area contributed by atoms with Gasteiger partial charge in [0.05, 0.1) is 0 Å². The largest absolute Gasteiger partial charge is 0.356 e.